The van der Waals surface area contributed by atoms with Crippen molar-refractivity contribution >= 4 is 22.1 Å². The molecule has 3 aliphatic rings. The zero-order chi connectivity index (χ0) is 27.2. The van der Waals surface area contributed by atoms with Crippen molar-refractivity contribution in [1.29, 1.82) is 0 Å². The highest BCUT2D eigenvalue weighted by molar-refractivity contribution is 7.85. The van der Waals surface area contributed by atoms with Gasteiger partial charge in [-0.25, -0.2) is 8.42 Å². The highest BCUT2D eigenvalue weighted by atomic mass is 32.2. The van der Waals surface area contributed by atoms with Gasteiger partial charge < -0.3 is 14.0 Å². The molecule has 0 aromatic heterocycles. The van der Waals surface area contributed by atoms with E-state index in [4.69, 9.17) is 9.47 Å². The Morgan fingerprint density at radius 2 is 1.55 bits per heavy atom. The Hall–Kier alpha value is -3.49. The molecule has 0 N–H and O–H groups in total. The summed E-state index contributed by atoms with van der Waals surface area (Å²) >= 11 is 0. The lowest BCUT2D eigenvalue weighted by molar-refractivity contribution is -0.151. The SMILES string of the molecule is Cc1cc(S(=O)(=O)[O-])c(C(C)C)cc1OC(=O)CCOC(=O)C1CC2c3ccccc3C1c1ccccc12. The van der Waals surface area contributed by atoms with Gasteiger partial charge in [-0.15, -0.1) is 0 Å². The van der Waals surface area contributed by atoms with E-state index >= 15 is 0 Å². The fourth-order valence-electron chi connectivity index (χ4n) is 5.84. The van der Waals surface area contributed by atoms with Gasteiger partial charge in [0.2, 0.25) is 0 Å². The molecule has 198 valence electrons. The summed E-state index contributed by atoms with van der Waals surface area (Å²) in [5.41, 5.74) is 5.47. The maximum atomic E-state index is 13.2. The number of fused-ring (bicyclic) bond motifs is 1. The Bertz CT molecular complexity index is 1480. The molecule has 0 fully saturated rings. The van der Waals surface area contributed by atoms with Crippen LogP contribution in [0.15, 0.2) is 65.6 Å². The van der Waals surface area contributed by atoms with Crippen LogP contribution in [0.5, 0.6) is 5.75 Å². The zero-order valence-corrected chi connectivity index (χ0v) is 22.3. The standard InChI is InChI=1S/C30H30O7S/c1-17(2)23-16-26(18(3)14-27(23)38(33,34)35)37-28(31)12-13-36-30(32)25-15-24-19-8-4-6-10-21(19)29(25)22-11-7-5-9-20(22)24/h4-11,14,16-17,24-25,29H,12-13,15H2,1-3H3,(H,33,34,35)/p-1. The summed E-state index contributed by atoms with van der Waals surface area (Å²) in [4.78, 5) is 25.4. The van der Waals surface area contributed by atoms with E-state index in [1.54, 1.807) is 20.8 Å². The lowest BCUT2D eigenvalue weighted by atomic mass is 9.59. The summed E-state index contributed by atoms with van der Waals surface area (Å²) in [7, 11) is -4.67. The maximum absolute atomic E-state index is 13.2. The Balaban J connectivity index is 1.25. The van der Waals surface area contributed by atoms with Crippen molar-refractivity contribution in [2.45, 2.75) is 56.3 Å². The number of hydrogen-bond acceptors (Lipinski definition) is 7. The molecule has 3 aromatic rings. The fraction of sp³-hybridized carbons (Fsp3) is 0.333. The largest absolute Gasteiger partial charge is 0.744 e. The van der Waals surface area contributed by atoms with Crippen molar-refractivity contribution in [2.75, 3.05) is 6.61 Å². The average Bonchev–Trinajstić information content (AvgIpc) is 2.88. The second-order valence-corrected chi connectivity index (χ2v) is 11.6. The molecule has 1 atom stereocenters. The van der Waals surface area contributed by atoms with Gasteiger partial charge >= 0.3 is 11.9 Å². The van der Waals surface area contributed by atoms with Crippen LogP contribution in [-0.4, -0.2) is 31.5 Å². The monoisotopic (exact) mass is 533 g/mol. The number of esters is 2. The van der Waals surface area contributed by atoms with Gasteiger partial charge in [0.25, 0.3) is 0 Å². The molecule has 2 bridgehead atoms. The summed E-state index contributed by atoms with van der Waals surface area (Å²) in [6.45, 7) is 4.94. The molecule has 3 aliphatic carbocycles. The average molecular weight is 534 g/mol. The molecule has 6 rings (SSSR count). The van der Waals surface area contributed by atoms with Gasteiger partial charge in [-0.1, -0.05) is 62.4 Å². The molecule has 7 nitrogen and oxygen atoms in total. The van der Waals surface area contributed by atoms with Crippen molar-refractivity contribution in [3.05, 3.63) is 94.0 Å². The number of aryl methyl sites for hydroxylation is 1. The number of hydrogen-bond donors (Lipinski definition) is 0. The van der Waals surface area contributed by atoms with Crippen LogP contribution in [0.25, 0.3) is 0 Å². The van der Waals surface area contributed by atoms with Crippen LogP contribution >= 0.6 is 0 Å². The van der Waals surface area contributed by atoms with Gasteiger partial charge in [0, 0.05) is 11.8 Å². The first-order valence-corrected chi connectivity index (χ1v) is 14.1. The number of rotatable bonds is 7. The molecular formula is C30H29O7S-. The first kappa shape index (κ1) is 26.1. The molecule has 3 aromatic carbocycles. The molecule has 0 spiro atoms. The summed E-state index contributed by atoms with van der Waals surface area (Å²) in [6, 6.07) is 19.1. The second-order valence-electron chi connectivity index (χ2n) is 10.3. The van der Waals surface area contributed by atoms with Crippen LogP contribution in [-0.2, 0) is 24.4 Å². The van der Waals surface area contributed by atoms with Gasteiger partial charge in [-0.3, -0.25) is 9.59 Å². The number of ether oxygens (including phenoxy) is 2. The molecule has 8 heteroatoms. The van der Waals surface area contributed by atoms with E-state index in [1.165, 1.54) is 23.3 Å². The smallest absolute Gasteiger partial charge is 0.314 e. The summed E-state index contributed by atoms with van der Waals surface area (Å²) in [5, 5.41) is 0. The minimum atomic E-state index is -4.67. The molecule has 0 aliphatic heterocycles. The van der Waals surface area contributed by atoms with E-state index in [0.717, 1.165) is 11.1 Å². The Kier molecular flexibility index (Phi) is 6.88. The minimum Gasteiger partial charge on any atom is -0.744 e. The summed E-state index contributed by atoms with van der Waals surface area (Å²) in [5.74, 6) is -1.33. The van der Waals surface area contributed by atoms with Gasteiger partial charge in [0.05, 0.1) is 17.2 Å². The molecule has 0 saturated carbocycles. The summed E-state index contributed by atoms with van der Waals surface area (Å²) < 4.78 is 46.0. The van der Waals surface area contributed by atoms with Crippen LogP contribution in [0.4, 0.5) is 0 Å². The number of benzene rings is 3. The molecule has 0 saturated heterocycles. The molecule has 38 heavy (non-hydrogen) atoms. The third-order valence-electron chi connectivity index (χ3n) is 7.58. The zero-order valence-electron chi connectivity index (χ0n) is 21.5. The predicted molar refractivity (Wildman–Crippen MR) is 139 cm³/mol. The summed E-state index contributed by atoms with van der Waals surface area (Å²) in [6.07, 6.45) is 0.506. The van der Waals surface area contributed by atoms with E-state index in [0.29, 0.717) is 12.0 Å². The van der Waals surface area contributed by atoms with Gasteiger partial charge in [-0.2, -0.15) is 0 Å². The molecule has 0 radical (unpaired) electrons. The van der Waals surface area contributed by atoms with E-state index in [9.17, 15) is 22.6 Å². The van der Waals surface area contributed by atoms with E-state index in [-0.39, 0.29) is 58.9 Å². The van der Waals surface area contributed by atoms with Gasteiger partial charge in [0.1, 0.15) is 22.5 Å². The van der Waals surface area contributed by atoms with Crippen molar-refractivity contribution < 1.29 is 32.0 Å². The number of carbonyl (C=O) groups excluding carboxylic acids is 2. The fourth-order valence-corrected chi connectivity index (χ4v) is 6.74. The molecule has 0 amide bonds. The molecule has 0 heterocycles. The second kappa shape index (κ2) is 10.0. The van der Waals surface area contributed by atoms with Crippen LogP contribution in [0.1, 0.15) is 77.8 Å². The molecule has 1 unspecified atom stereocenters. The van der Waals surface area contributed by atoms with Crippen LogP contribution in [0, 0.1) is 12.8 Å². The van der Waals surface area contributed by atoms with E-state index in [2.05, 4.69) is 24.3 Å². The quantitative estimate of drug-likeness (QED) is 0.234. The van der Waals surface area contributed by atoms with E-state index < -0.39 is 16.1 Å². The van der Waals surface area contributed by atoms with E-state index in [1.807, 2.05) is 24.3 Å². The van der Waals surface area contributed by atoms with Crippen molar-refractivity contribution in [2.24, 2.45) is 5.92 Å². The number of carbonyl (C=O) groups is 2. The molecular weight excluding hydrogens is 504 g/mol. The first-order valence-electron chi connectivity index (χ1n) is 12.7. The topological polar surface area (TPSA) is 110 Å². The normalized spacial score (nSPS) is 19.6. The minimum absolute atomic E-state index is 0.0836. The Morgan fingerprint density at radius 1 is 0.974 bits per heavy atom. The van der Waals surface area contributed by atoms with Crippen molar-refractivity contribution in [3.63, 3.8) is 0 Å². The maximum Gasteiger partial charge on any atom is 0.314 e. The lowest BCUT2D eigenvalue weighted by Crippen LogP contribution is -2.37. The van der Waals surface area contributed by atoms with Crippen LogP contribution < -0.4 is 4.74 Å². The third-order valence-corrected chi connectivity index (χ3v) is 8.47. The van der Waals surface area contributed by atoms with Crippen molar-refractivity contribution in [1.82, 2.24) is 0 Å². The Morgan fingerprint density at radius 3 is 2.11 bits per heavy atom. The highest BCUT2D eigenvalue weighted by Crippen LogP contribution is 2.55. The van der Waals surface area contributed by atoms with Gasteiger partial charge in [0.15, 0.2) is 0 Å². The highest BCUT2D eigenvalue weighted by Gasteiger charge is 2.46. The van der Waals surface area contributed by atoms with Crippen LogP contribution in [0.3, 0.4) is 0 Å². The van der Waals surface area contributed by atoms with Crippen LogP contribution in [0.2, 0.25) is 0 Å². The first-order chi connectivity index (χ1) is 18.1. The lowest BCUT2D eigenvalue weighted by Gasteiger charge is -2.44. The Labute approximate surface area is 222 Å². The predicted octanol–water partition coefficient (Wildman–Crippen LogP) is 5.16. The third kappa shape index (κ3) is 4.74. The van der Waals surface area contributed by atoms with Crippen molar-refractivity contribution in [3.8, 4) is 5.75 Å². The van der Waals surface area contributed by atoms with Gasteiger partial charge in [-0.05, 0) is 64.8 Å².